The van der Waals surface area contributed by atoms with E-state index in [-0.39, 0.29) is 5.91 Å². The quantitative estimate of drug-likeness (QED) is 0.757. The molecule has 0 spiro atoms. The normalized spacial score (nSPS) is 15.9. The predicted octanol–water partition coefficient (Wildman–Crippen LogP) is 2.89. The van der Waals surface area contributed by atoms with E-state index in [1.807, 2.05) is 42.5 Å². The van der Waals surface area contributed by atoms with Crippen LogP contribution in [0, 0.1) is 0 Å². The van der Waals surface area contributed by atoms with Crippen molar-refractivity contribution in [1.29, 1.82) is 0 Å². The van der Waals surface area contributed by atoms with Gasteiger partial charge in [0.1, 0.15) is 5.75 Å². The molecule has 0 fully saturated rings. The second kappa shape index (κ2) is 6.66. The van der Waals surface area contributed by atoms with Gasteiger partial charge in [0.25, 0.3) is 5.91 Å². The Morgan fingerprint density at radius 1 is 1.26 bits per heavy atom. The fourth-order valence-electron chi connectivity index (χ4n) is 2.24. The Labute approximate surface area is 140 Å². The minimum atomic E-state index is -0.477. The van der Waals surface area contributed by atoms with Gasteiger partial charge in [-0.15, -0.1) is 0 Å². The Kier molecular flexibility index (Phi) is 4.43. The number of anilines is 2. The van der Waals surface area contributed by atoms with Crippen molar-refractivity contribution in [1.82, 2.24) is 5.32 Å². The number of carbonyl (C=O) groups is 1. The minimum Gasteiger partial charge on any atom is -0.479 e. The summed E-state index contributed by atoms with van der Waals surface area (Å²) in [5.74, 6) is 0.505. The van der Waals surface area contributed by atoms with Gasteiger partial charge in [-0.25, -0.2) is 0 Å². The van der Waals surface area contributed by atoms with Gasteiger partial charge in [-0.3, -0.25) is 4.79 Å². The molecule has 5 nitrogen and oxygen atoms in total. The molecule has 0 aliphatic carbocycles. The summed E-state index contributed by atoms with van der Waals surface area (Å²) < 4.78 is 5.52. The molecule has 1 atom stereocenters. The van der Waals surface area contributed by atoms with Gasteiger partial charge in [0, 0.05) is 12.2 Å². The molecule has 1 amide bonds. The molecular formula is C17H17N3O2S. The average molecular weight is 327 g/mol. The maximum absolute atomic E-state index is 11.7. The molecule has 0 aromatic heterocycles. The first kappa shape index (κ1) is 15.3. The molecule has 1 aliphatic heterocycles. The van der Waals surface area contributed by atoms with Crippen LogP contribution in [0.4, 0.5) is 11.4 Å². The molecule has 1 heterocycles. The monoisotopic (exact) mass is 327 g/mol. The molecule has 0 bridgehead atoms. The fourth-order valence-corrected chi connectivity index (χ4v) is 2.43. The van der Waals surface area contributed by atoms with Crippen molar-refractivity contribution in [2.75, 3.05) is 10.6 Å². The van der Waals surface area contributed by atoms with Gasteiger partial charge < -0.3 is 20.7 Å². The van der Waals surface area contributed by atoms with Crippen LogP contribution in [0.3, 0.4) is 0 Å². The van der Waals surface area contributed by atoms with Gasteiger partial charge >= 0.3 is 0 Å². The number of ether oxygens (including phenoxy) is 1. The van der Waals surface area contributed by atoms with Crippen LogP contribution in [0.15, 0.2) is 48.5 Å². The van der Waals surface area contributed by atoms with Crippen LogP contribution in [0.5, 0.6) is 5.75 Å². The number of hydrogen-bond donors (Lipinski definition) is 3. The molecular weight excluding hydrogens is 310 g/mol. The molecule has 2 aromatic rings. The van der Waals surface area contributed by atoms with E-state index in [4.69, 9.17) is 17.0 Å². The van der Waals surface area contributed by atoms with Gasteiger partial charge in [0.15, 0.2) is 11.2 Å². The van der Waals surface area contributed by atoms with Crippen molar-refractivity contribution >= 4 is 34.6 Å². The lowest BCUT2D eigenvalue weighted by Gasteiger charge is -2.23. The highest BCUT2D eigenvalue weighted by Gasteiger charge is 2.23. The summed E-state index contributed by atoms with van der Waals surface area (Å²) in [4.78, 5) is 11.7. The maximum atomic E-state index is 11.7. The van der Waals surface area contributed by atoms with Gasteiger partial charge in [-0.05, 0) is 42.9 Å². The predicted molar refractivity (Wildman–Crippen MR) is 94.7 cm³/mol. The molecule has 0 saturated carbocycles. The molecule has 0 saturated heterocycles. The summed E-state index contributed by atoms with van der Waals surface area (Å²) in [5.41, 5.74) is 2.58. The number of rotatable bonds is 3. The maximum Gasteiger partial charge on any atom is 0.265 e. The molecule has 0 radical (unpaired) electrons. The highest BCUT2D eigenvalue weighted by atomic mass is 32.1. The molecule has 118 valence electrons. The van der Waals surface area contributed by atoms with Crippen LogP contribution in [-0.4, -0.2) is 17.1 Å². The molecule has 3 N–H and O–H groups in total. The van der Waals surface area contributed by atoms with E-state index in [0.717, 1.165) is 11.3 Å². The van der Waals surface area contributed by atoms with Gasteiger partial charge in [-0.2, -0.15) is 0 Å². The van der Waals surface area contributed by atoms with Crippen LogP contribution >= 0.6 is 12.2 Å². The first-order chi connectivity index (χ1) is 11.1. The third-order valence-corrected chi connectivity index (χ3v) is 3.71. The number of benzene rings is 2. The summed E-state index contributed by atoms with van der Waals surface area (Å²) >= 11 is 5.29. The number of amides is 1. The van der Waals surface area contributed by atoms with Gasteiger partial charge in [0.2, 0.25) is 0 Å². The van der Waals surface area contributed by atoms with Crippen molar-refractivity contribution in [3.05, 3.63) is 54.1 Å². The van der Waals surface area contributed by atoms with Gasteiger partial charge in [-0.1, -0.05) is 30.3 Å². The summed E-state index contributed by atoms with van der Waals surface area (Å²) in [6.45, 7) is 2.36. The number of fused-ring (bicyclic) bond motifs is 1. The van der Waals surface area contributed by atoms with Crippen LogP contribution < -0.4 is 20.7 Å². The zero-order valence-electron chi connectivity index (χ0n) is 12.6. The first-order valence-electron chi connectivity index (χ1n) is 7.32. The van der Waals surface area contributed by atoms with Crippen molar-refractivity contribution in [3.63, 3.8) is 0 Å². The molecule has 23 heavy (non-hydrogen) atoms. The Hall–Kier alpha value is -2.60. The Balaban J connectivity index is 1.61. The summed E-state index contributed by atoms with van der Waals surface area (Å²) in [6, 6.07) is 15.5. The van der Waals surface area contributed by atoms with E-state index in [1.54, 1.807) is 13.0 Å². The zero-order valence-corrected chi connectivity index (χ0v) is 13.4. The summed E-state index contributed by atoms with van der Waals surface area (Å²) in [7, 11) is 0. The Bertz CT molecular complexity index is 734. The Morgan fingerprint density at radius 2 is 2.04 bits per heavy atom. The van der Waals surface area contributed by atoms with Gasteiger partial charge in [0.05, 0.1) is 5.69 Å². The number of nitrogens with one attached hydrogen (secondary N) is 3. The fraction of sp³-hybridized carbons (Fsp3) is 0.176. The van der Waals surface area contributed by atoms with E-state index in [1.165, 1.54) is 0 Å². The van der Waals surface area contributed by atoms with Crippen molar-refractivity contribution in [2.24, 2.45) is 0 Å². The highest BCUT2D eigenvalue weighted by molar-refractivity contribution is 7.80. The molecule has 0 unspecified atom stereocenters. The molecule has 2 aromatic carbocycles. The second-order valence-electron chi connectivity index (χ2n) is 5.25. The SMILES string of the molecule is C[C@@H]1Oc2ccc(NC(=S)NCc3ccccc3)cc2NC1=O. The number of thiocarbonyl (C=S) groups is 1. The van der Waals surface area contributed by atoms with E-state index < -0.39 is 6.10 Å². The lowest BCUT2D eigenvalue weighted by molar-refractivity contribution is -0.122. The average Bonchev–Trinajstić information content (AvgIpc) is 2.55. The smallest absolute Gasteiger partial charge is 0.265 e. The van der Waals surface area contributed by atoms with E-state index >= 15 is 0 Å². The lowest BCUT2D eigenvalue weighted by atomic mass is 10.2. The van der Waals surface area contributed by atoms with Crippen LogP contribution in [-0.2, 0) is 11.3 Å². The standard InChI is InChI=1S/C17H17N3O2S/c1-11-16(21)20-14-9-13(7-8-15(14)22-11)19-17(23)18-10-12-5-3-2-4-6-12/h2-9,11H,10H2,1H3,(H,20,21)(H2,18,19,23)/t11-/m0/s1. The number of carbonyl (C=O) groups excluding carboxylic acids is 1. The van der Waals surface area contributed by atoms with Crippen molar-refractivity contribution < 1.29 is 9.53 Å². The van der Waals surface area contributed by atoms with Crippen molar-refractivity contribution in [3.8, 4) is 5.75 Å². The molecule has 6 heteroatoms. The topological polar surface area (TPSA) is 62.4 Å². The largest absolute Gasteiger partial charge is 0.479 e. The lowest BCUT2D eigenvalue weighted by Crippen LogP contribution is -2.34. The number of hydrogen-bond acceptors (Lipinski definition) is 3. The van der Waals surface area contributed by atoms with Crippen LogP contribution in [0.2, 0.25) is 0 Å². The van der Waals surface area contributed by atoms with E-state index in [9.17, 15) is 4.79 Å². The first-order valence-corrected chi connectivity index (χ1v) is 7.73. The molecule has 1 aliphatic rings. The van der Waals surface area contributed by atoms with E-state index in [2.05, 4.69) is 16.0 Å². The third kappa shape index (κ3) is 3.78. The second-order valence-corrected chi connectivity index (χ2v) is 5.66. The minimum absolute atomic E-state index is 0.153. The highest BCUT2D eigenvalue weighted by Crippen LogP contribution is 2.32. The summed E-state index contributed by atoms with van der Waals surface area (Å²) in [5, 5.41) is 9.58. The van der Waals surface area contributed by atoms with Crippen LogP contribution in [0.25, 0.3) is 0 Å². The zero-order chi connectivity index (χ0) is 16.2. The summed E-state index contributed by atoms with van der Waals surface area (Å²) in [6.07, 6.45) is -0.477. The van der Waals surface area contributed by atoms with Crippen LogP contribution in [0.1, 0.15) is 12.5 Å². The Morgan fingerprint density at radius 3 is 2.83 bits per heavy atom. The van der Waals surface area contributed by atoms with Crippen molar-refractivity contribution in [2.45, 2.75) is 19.6 Å². The third-order valence-electron chi connectivity index (χ3n) is 3.46. The van der Waals surface area contributed by atoms with E-state index in [0.29, 0.717) is 23.1 Å². The molecule has 3 rings (SSSR count).